The third-order valence-corrected chi connectivity index (χ3v) is 1.60. The van der Waals surface area contributed by atoms with E-state index in [9.17, 15) is 0 Å². The molecule has 53 valence electrons. The number of nitriles is 1. The standard InChI is InChI=1S/C7H10N3/c8-6-9-7-10-4-2-1-3-5-10/h1-5H2. The molecule has 0 saturated carbocycles. The Bertz CT molecular complexity index is 151. The summed E-state index contributed by atoms with van der Waals surface area (Å²) in [4.78, 5) is 5.34. The van der Waals surface area contributed by atoms with Gasteiger partial charge in [0.1, 0.15) is 0 Å². The summed E-state index contributed by atoms with van der Waals surface area (Å²) in [6, 6.07) is 0. The number of rotatable bonds is 1. The highest BCUT2D eigenvalue weighted by Gasteiger charge is 2.05. The maximum absolute atomic E-state index is 8.09. The van der Waals surface area contributed by atoms with E-state index in [4.69, 9.17) is 5.26 Å². The number of likely N-dealkylation sites (tertiary alicyclic amines) is 1. The van der Waals surface area contributed by atoms with Gasteiger partial charge in [-0.1, -0.05) is 0 Å². The van der Waals surface area contributed by atoms with E-state index in [0.29, 0.717) is 0 Å². The van der Waals surface area contributed by atoms with Crippen LogP contribution < -0.4 is 0 Å². The van der Waals surface area contributed by atoms with E-state index in [1.165, 1.54) is 19.3 Å². The van der Waals surface area contributed by atoms with Crippen LogP contribution in [0.1, 0.15) is 19.3 Å². The summed E-state index contributed by atoms with van der Waals surface area (Å²) < 4.78 is 0. The molecule has 1 aliphatic heterocycles. The lowest BCUT2D eigenvalue weighted by molar-refractivity contribution is 0.351. The third-order valence-electron chi connectivity index (χ3n) is 1.60. The normalized spacial score (nSPS) is 19.3. The Morgan fingerprint density at radius 1 is 1.20 bits per heavy atom. The predicted octanol–water partition coefficient (Wildman–Crippen LogP) is 0.859. The quantitative estimate of drug-likeness (QED) is 0.304. The fourth-order valence-electron chi connectivity index (χ4n) is 1.09. The summed E-state index contributed by atoms with van der Waals surface area (Å²) in [6.45, 7) is 2.01. The molecule has 0 N–H and O–H groups in total. The van der Waals surface area contributed by atoms with Crippen molar-refractivity contribution in [3.05, 3.63) is 0 Å². The zero-order chi connectivity index (χ0) is 7.23. The average molecular weight is 136 g/mol. The van der Waals surface area contributed by atoms with Crippen molar-refractivity contribution in [3.63, 3.8) is 0 Å². The summed E-state index contributed by atoms with van der Waals surface area (Å²) in [5.74, 6) is 0. The van der Waals surface area contributed by atoms with Gasteiger partial charge in [-0.05, 0) is 19.3 Å². The summed E-state index contributed by atoms with van der Waals surface area (Å²) in [5.41, 5.74) is 0. The third kappa shape index (κ3) is 2.06. The number of piperidine rings is 1. The van der Waals surface area contributed by atoms with Crippen LogP contribution in [-0.4, -0.2) is 24.3 Å². The highest BCUT2D eigenvalue weighted by molar-refractivity contribution is 5.56. The summed E-state index contributed by atoms with van der Waals surface area (Å²) >= 11 is 0. The van der Waals surface area contributed by atoms with Crippen LogP contribution in [0.15, 0.2) is 4.99 Å². The maximum atomic E-state index is 8.09. The van der Waals surface area contributed by atoms with Crippen LogP contribution >= 0.6 is 0 Å². The van der Waals surface area contributed by atoms with Crippen LogP contribution in [0.25, 0.3) is 0 Å². The fourth-order valence-corrected chi connectivity index (χ4v) is 1.09. The van der Waals surface area contributed by atoms with Gasteiger partial charge in [0, 0.05) is 13.1 Å². The van der Waals surface area contributed by atoms with Crippen molar-refractivity contribution in [2.75, 3.05) is 13.1 Å². The smallest absolute Gasteiger partial charge is 0.207 e. The van der Waals surface area contributed by atoms with Gasteiger partial charge < -0.3 is 4.90 Å². The molecule has 0 amide bonds. The van der Waals surface area contributed by atoms with Gasteiger partial charge in [-0.3, -0.25) is 0 Å². The Labute approximate surface area is 61.0 Å². The molecule has 0 aromatic rings. The molecule has 1 rings (SSSR count). The lowest BCUT2D eigenvalue weighted by Gasteiger charge is -2.22. The first-order valence-electron chi connectivity index (χ1n) is 3.53. The molecule has 3 nitrogen and oxygen atoms in total. The van der Waals surface area contributed by atoms with E-state index in [1.807, 2.05) is 4.90 Å². The van der Waals surface area contributed by atoms with Crippen LogP contribution in [0.3, 0.4) is 0 Å². The second-order valence-electron chi connectivity index (χ2n) is 2.36. The molecule has 1 heterocycles. The molecule has 0 atom stereocenters. The summed E-state index contributed by atoms with van der Waals surface area (Å²) in [7, 11) is 0. The van der Waals surface area contributed by atoms with Gasteiger partial charge in [0.05, 0.1) is 0 Å². The van der Waals surface area contributed by atoms with Crippen molar-refractivity contribution in [1.29, 1.82) is 5.26 Å². The molecular formula is C7H10N3. The molecule has 1 radical (unpaired) electrons. The van der Waals surface area contributed by atoms with Crippen LogP contribution in [0.5, 0.6) is 0 Å². The van der Waals surface area contributed by atoms with Crippen molar-refractivity contribution >= 4 is 6.34 Å². The second kappa shape index (κ2) is 3.89. The highest BCUT2D eigenvalue weighted by Crippen LogP contribution is 2.05. The van der Waals surface area contributed by atoms with Crippen molar-refractivity contribution in [2.45, 2.75) is 19.3 Å². The van der Waals surface area contributed by atoms with Crippen LogP contribution in [0.2, 0.25) is 0 Å². The number of nitrogens with zero attached hydrogens (tertiary/aromatic N) is 3. The lowest BCUT2D eigenvalue weighted by Crippen LogP contribution is -2.27. The van der Waals surface area contributed by atoms with Crippen molar-refractivity contribution in [1.82, 2.24) is 4.90 Å². The molecule has 1 aliphatic rings. The van der Waals surface area contributed by atoms with E-state index in [-0.39, 0.29) is 0 Å². The van der Waals surface area contributed by atoms with Gasteiger partial charge in [0.2, 0.25) is 6.19 Å². The van der Waals surface area contributed by atoms with Crippen molar-refractivity contribution < 1.29 is 0 Å². The van der Waals surface area contributed by atoms with E-state index < -0.39 is 0 Å². The molecule has 0 aliphatic carbocycles. The van der Waals surface area contributed by atoms with E-state index in [2.05, 4.69) is 11.3 Å². The van der Waals surface area contributed by atoms with Crippen LogP contribution in [-0.2, 0) is 0 Å². The lowest BCUT2D eigenvalue weighted by atomic mass is 10.1. The molecule has 3 heteroatoms. The Kier molecular flexibility index (Phi) is 2.75. The Morgan fingerprint density at radius 2 is 1.90 bits per heavy atom. The minimum atomic E-state index is 1.01. The minimum Gasteiger partial charge on any atom is -0.353 e. The molecule has 0 aromatic heterocycles. The van der Waals surface area contributed by atoms with Gasteiger partial charge in [0.25, 0.3) is 0 Å². The highest BCUT2D eigenvalue weighted by atomic mass is 15.1. The Hall–Kier alpha value is -1.04. The molecule has 1 saturated heterocycles. The Balaban J connectivity index is 2.27. The molecule has 0 aromatic carbocycles. The van der Waals surface area contributed by atoms with Gasteiger partial charge >= 0.3 is 0 Å². The predicted molar refractivity (Wildman–Crippen MR) is 38.5 cm³/mol. The first kappa shape index (κ1) is 7.07. The van der Waals surface area contributed by atoms with E-state index in [0.717, 1.165) is 13.1 Å². The number of aliphatic imine (C=N–C) groups is 1. The van der Waals surface area contributed by atoms with Crippen molar-refractivity contribution in [3.8, 4) is 6.19 Å². The van der Waals surface area contributed by atoms with Gasteiger partial charge in [-0.25, -0.2) is 0 Å². The topological polar surface area (TPSA) is 39.4 Å². The first-order chi connectivity index (χ1) is 4.93. The Morgan fingerprint density at radius 3 is 2.50 bits per heavy atom. The van der Waals surface area contributed by atoms with Crippen LogP contribution in [0, 0.1) is 11.5 Å². The molecular weight excluding hydrogens is 126 g/mol. The molecule has 0 unspecified atom stereocenters. The zero-order valence-corrected chi connectivity index (χ0v) is 5.88. The molecule has 0 bridgehead atoms. The average Bonchev–Trinajstić information content (AvgIpc) is 2.03. The molecule has 0 spiro atoms. The largest absolute Gasteiger partial charge is 0.353 e. The monoisotopic (exact) mass is 136 g/mol. The van der Waals surface area contributed by atoms with Gasteiger partial charge in [-0.15, -0.1) is 0 Å². The summed E-state index contributed by atoms with van der Waals surface area (Å²) in [6.07, 6.45) is 8.06. The number of hydrogen-bond donors (Lipinski definition) is 0. The van der Waals surface area contributed by atoms with Gasteiger partial charge in [0.15, 0.2) is 6.34 Å². The summed E-state index contributed by atoms with van der Waals surface area (Å²) in [5, 5.41) is 8.09. The van der Waals surface area contributed by atoms with Crippen molar-refractivity contribution in [2.24, 2.45) is 4.99 Å². The maximum Gasteiger partial charge on any atom is 0.207 e. The van der Waals surface area contributed by atoms with Crippen LogP contribution in [0.4, 0.5) is 0 Å². The molecule has 1 fully saturated rings. The van der Waals surface area contributed by atoms with E-state index >= 15 is 0 Å². The zero-order valence-electron chi connectivity index (χ0n) is 5.88. The van der Waals surface area contributed by atoms with Gasteiger partial charge in [-0.2, -0.15) is 10.3 Å². The SMILES string of the molecule is N#C/N=[C]/N1CCCCC1. The fraction of sp³-hybridized carbons (Fsp3) is 0.714. The number of hydrogen-bond acceptors (Lipinski definition) is 2. The second-order valence-corrected chi connectivity index (χ2v) is 2.36. The van der Waals surface area contributed by atoms with E-state index in [1.54, 1.807) is 6.19 Å². The molecule has 10 heavy (non-hydrogen) atoms. The minimum absolute atomic E-state index is 1.01. The first-order valence-corrected chi connectivity index (χ1v) is 3.53.